The summed E-state index contributed by atoms with van der Waals surface area (Å²) in [5, 5.41) is 11.1. The van der Waals surface area contributed by atoms with Gasteiger partial charge in [0.2, 0.25) is 5.95 Å². The first-order chi connectivity index (χ1) is 15.6. The Kier molecular flexibility index (Phi) is 5.59. The number of aromatic nitrogens is 4. The molecule has 9 heteroatoms. The maximum atomic E-state index is 6.09. The molecule has 1 aliphatic rings. The van der Waals surface area contributed by atoms with Crippen molar-refractivity contribution < 1.29 is 0 Å². The van der Waals surface area contributed by atoms with Crippen LogP contribution in [0.4, 0.5) is 11.8 Å². The molecule has 1 unspecified atom stereocenters. The second-order valence-electron chi connectivity index (χ2n) is 8.18. The lowest BCUT2D eigenvalue weighted by Gasteiger charge is -2.23. The van der Waals surface area contributed by atoms with E-state index < -0.39 is 0 Å². The highest BCUT2D eigenvalue weighted by molar-refractivity contribution is 7.22. The average molecular weight is 447 g/mol. The van der Waals surface area contributed by atoms with Crippen LogP contribution >= 0.6 is 11.3 Å². The molecular weight excluding hydrogens is 420 g/mol. The number of nitrogens with zero attached hydrogens (tertiary/aromatic N) is 7. The number of anilines is 2. The van der Waals surface area contributed by atoms with E-state index in [9.17, 15) is 0 Å². The molecule has 1 atom stereocenters. The first-order valence-corrected chi connectivity index (χ1v) is 11.5. The van der Waals surface area contributed by atoms with E-state index in [1.807, 2.05) is 28.2 Å². The van der Waals surface area contributed by atoms with Crippen LogP contribution in [-0.2, 0) is 6.54 Å². The zero-order valence-corrected chi connectivity index (χ0v) is 19.0. The Morgan fingerprint density at radius 3 is 2.84 bits per heavy atom. The number of benzene rings is 1. The van der Waals surface area contributed by atoms with Gasteiger partial charge >= 0.3 is 0 Å². The lowest BCUT2D eigenvalue weighted by atomic mass is 10.0. The Hall–Kier alpha value is -3.30. The van der Waals surface area contributed by atoms with Crippen LogP contribution in [0.3, 0.4) is 0 Å². The molecule has 0 bridgehead atoms. The van der Waals surface area contributed by atoms with Crippen molar-refractivity contribution in [2.45, 2.75) is 25.4 Å². The SMILES string of the molecule is CN(C)CCCn1cc(-c2cc3nc(N)nc(N4N=CCC4c4ccccc4)c3s2)cn1. The Balaban J connectivity index is 1.47. The highest BCUT2D eigenvalue weighted by atomic mass is 32.1. The van der Waals surface area contributed by atoms with E-state index in [1.54, 1.807) is 11.3 Å². The number of nitrogen functional groups attached to an aromatic ring is 1. The van der Waals surface area contributed by atoms with Gasteiger partial charge in [-0.15, -0.1) is 11.3 Å². The number of rotatable bonds is 7. The van der Waals surface area contributed by atoms with E-state index in [1.165, 1.54) is 5.56 Å². The van der Waals surface area contributed by atoms with Gasteiger partial charge in [-0.05, 0) is 38.7 Å². The van der Waals surface area contributed by atoms with Crippen LogP contribution in [0.15, 0.2) is 53.9 Å². The van der Waals surface area contributed by atoms with Gasteiger partial charge in [-0.2, -0.15) is 15.2 Å². The van der Waals surface area contributed by atoms with Crippen LogP contribution in [0.2, 0.25) is 0 Å². The summed E-state index contributed by atoms with van der Waals surface area (Å²) in [6.07, 6.45) is 7.83. The fourth-order valence-electron chi connectivity index (χ4n) is 3.96. The van der Waals surface area contributed by atoms with Gasteiger partial charge in [0, 0.05) is 35.8 Å². The van der Waals surface area contributed by atoms with Crippen molar-refractivity contribution in [3.05, 3.63) is 54.4 Å². The molecule has 5 rings (SSSR count). The molecule has 0 saturated heterocycles. The minimum absolute atomic E-state index is 0.0960. The standard InChI is InChI=1S/C23H26N8S/c1-29(2)11-6-12-30-15-17(14-26-30)20-13-18-21(32-20)22(28-23(24)27-18)31-19(9-10-25-31)16-7-4-3-5-8-16/h3-5,7-8,10,13-15,19H,6,9,11-12H2,1-2H3,(H2,24,27,28). The highest BCUT2D eigenvalue weighted by Crippen LogP contribution is 2.41. The van der Waals surface area contributed by atoms with Crippen LogP contribution < -0.4 is 10.7 Å². The topological polar surface area (TPSA) is 88.5 Å². The van der Waals surface area contributed by atoms with E-state index in [-0.39, 0.29) is 12.0 Å². The van der Waals surface area contributed by atoms with Crippen molar-refractivity contribution in [3.63, 3.8) is 0 Å². The number of hydrogen-bond donors (Lipinski definition) is 1. The molecule has 0 radical (unpaired) electrons. The fraction of sp³-hybridized carbons (Fsp3) is 0.304. The number of aryl methyl sites for hydroxylation is 1. The Morgan fingerprint density at radius 2 is 2.03 bits per heavy atom. The first kappa shape index (κ1) is 20.6. The molecule has 0 saturated carbocycles. The maximum Gasteiger partial charge on any atom is 0.222 e. The molecule has 0 aliphatic carbocycles. The maximum absolute atomic E-state index is 6.09. The van der Waals surface area contributed by atoms with E-state index in [0.717, 1.165) is 52.4 Å². The zero-order valence-electron chi connectivity index (χ0n) is 18.2. The number of hydrogen-bond acceptors (Lipinski definition) is 8. The summed E-state index contributed by atoms with van der Waals surface area (Å²) >= 11 is 1.65. The average Bonchev–Trinajstić information content (AvgIpc) is 3.52. The molecule has 1 aromatic carbocycles. The van der Waals surface area contributed by atoms with Crippen LogP contribution in [-0.4, -0.2) is 51.5 Å². The molecule has 3 aromatic heterocycles. The first-order valence-electron chi connectivity index (χ1n) is 10.7. The summed E-state index contributed by atoms with van der Waals surface area (Å²) in [6, 6.07) is 12.5. The number of hydrazone groups is 1. The largest absolute Gasteiger partial charge is 0.368 e. The van der Waals surface area contributed by atoms with Crippen molar-refractivity contribution in [1.82, 2.24) is 24.6 Å². The Morgan fingerprint density at radius 1 is 1.19 bits per heavy atom. The predicted octanol–water partition coefficient (Wildman–Crippen LogP) is 4.03. The second kappa shape index (κ2) is 8.68. The summed E-state index contributed by atoms with van der Waals surface area (Å²) in [4.78, 5) is 12.4. The quantitative estimate of drug-likeness (QED) is 0.461. The molecule has 32 heavy (non-hydrogen) atoms. The molecule has 0 spiro atoms. The molecule has 4 aromatic rings. The van der Waals surface area contributed by atoms with Crippen LogP contribution in [0.25, 0.3) is 20.7 Å². The smallest absolute Gasteiger partial charge is 0.222 e. The predicted molar refractivity (Wildman–Crippen MR) is 131 cm³/mol. The van der Waals surface area contributed by atoms with Gasteiger partial charge in [-0.3, -0.25) is 4.68 Å². The van der Waals surface area contributed by atoms with Gasteiger partial charge in [-0.25, -0.2) is 9.99 Å². The number of fused-ring (bicyclic) bond motifs is 1. The van der Waals surface area contributed by atoms with Crippen molar-refractivity contribution in [2.24, 2.45) is 5.10 Å². The van der Waals surface area contributed by atoms with Crippen LogP contribution in [0.5, 0.6) is 0 Å². The molecule has 2 N–H and O–H groups in total. The third-order valence-corrected chi connectivity index (χ3v) is 6.68. The van der Waals surface area contributed by atoms with Gasteiger partial charge in [0.1, 0.15) is 0 Å². The minimum atomic E-state index is 0.0960. The zero-order chi connectivity index (χ0) is 22.1. The Labute approximate surface area is 191 Å². The molecular formula is C23H26N8S. The molecule has 4 heterocycles. The monoisotopic (exact) mass is 446 g/mol. The summed E-state index contributed by atoms with van der Waals surface area (Å²) in [5.74, 6) is 1.01. The van der Waals surface area contributed by atoms with Crippen molar-refractivity contribution in [2.75, 3.05) is 31.4 Å². The number of nitrogens with two attached hydrogens (primary N) is 1. The van der Waals surface area contributed by atoms with Gasteiger partial charge in [0.25, 0.3) is 0 Å². The molecule has 1 aliphatic heterocycles. The summed E-state index contributed by atoms with van der Waals surface area (Å²) in [6.45, 7) is 1.93. The second-order valence-corrected chi connectivity index (χ2v) is 9.24. The normalized spacial score (nSPS) is 16.0. The van der Waals surface area contributed by atoms with E-state index in [4.69, 9.17) is 5.73 Å². The highest BCUT2D eigenvalue weighted by Gasteiger charge is 2.28. The number of thiophene rings is 1. The summed E-state index contributed by atoms with van der Waals surface area (Å²) in [7, 11) is 4.17. The van der Waals surface area contributed by atoms with Crippen molar-refractivity contribution in [1.29, 1.82) is 0 Å². The van der Waals surface area contributed by atoms with E-state index in [2.05, 4.69) is 75.7 Å². The fourth-order valence-corrected chi connectivity index (χ4v) is 5.02. The molecule has 0 amide bonds. The van der Waals surface area contributed by atoms with Gasteiger partial charge in [0.05, 0.1) is 22.5 Å². The molecule has 164 valence electrons. The Bertz CT molecular complexity index is 1240. The van der Waals surface area contributed by atoms with Crippen LogP contribution in [0, 0.1) is 0 Å². The van der Waals surface area contributed by atoms with E-state index >= 15 is 0 Å². The molecule has 0 fully saturated rings. The minimum Gasteiger partial charge on any atom is -0.368 e. The summed E-state index contributed by atoms with van der Waals surface area (Å²) in [5.41, 5.74) is 9.20. The van der Waals surface area contributed by atoms with Crippen molar-refractivity contribution >= 4 is 39.5 Å². The lowest BCUT2D eigenvalue weighted by Crippen LogP contribution is -2.20. The molecule has 8 nitrogen and oxygen atoms in total. The van der Waals surface area contributed by atoms with Gasteiger partial charge in [0.15, 0.2) is 5.82 Å². The van der Waals surface area contributed by atoms with Gasteiger partial charge < -0.3 is 10.6 Å². The third-order valence-electron chi connectivity index (χ3n) is 5.51. The summed E-state index contributed by atoms with van der Waals surface area (Å²) < 4.78 is 2.98. The third kappa shape index (κ3) is 4.09. The van der Waals surface area contributed by atoms with Crippen molar-refractivity contribution in [3.8, 4) is 10.4 Å². The van der Waals surface area contributed by atoms with E-state index in [0.29, 0.717) is 0 Å². The van der Waals surface area contributed by atoms with Gasteiger partial charge in [-0.1, -0.05) is 30.3 Å². The van der Waals surface area contributed by atoms with Crippen LogP contribution in [0.1, 0.15) is 24.4 Å². The lowest BCUT2D eigenvalue weighted by molar-refractivity contribution is 0.380.